The quantitative estimate of drug-likeness (QED) is 0.474. The minimum Gasteiger partial charge on any atom is -0.506 e. The molecule has 1 N–H and O–H groups in total. The summed E-state index contributed by atoms with van der Waals surface area (Å²) in [5, 5.41) is 12.3. The number of rotatable bonds is 4. The Labute approximate surface area is 173 Å². The van der Waals surface area contributed by atoms with Crippen molar-refractivity contribution in [1.29, 1.82) is 0 Å². The Balaban J connectivity index is 1.82. The number of methoxy groups -OCH3 is 1. The lowest BCUT2D eigenvalue weighted by atomic mass is 10.0. The molecule has 0 heterocycles. The van der Waals surface area contributed by atoms with E-state index in [2.05, 4.69) is 0 Å². The summed E-state index contributed by atoms with van der Waals surface area (Å²) in [5.41, 5.74) is 1.78. The molecule has 0 atom stereocenters. The second kappa shape index (κ2) is 8.09. The third-order valence-corrected chi connectivity index (χ3v) is 4.90. The van der Waals surface area contributed by atoms with Gasteiger partial charge in [-0.3, -0.25) is 9.69 Å². The SMILES string of the molecule is COC(=O)c1ccc(N(C(=O)c2ccc3ccccc3c2O)c2ccccc2)cc1. The van der Waals surface area contributed by atoms with Crippen LogP contribution in [0, 0.1) is 0 Å². The zero-order valence-electron chi connectivity index (χ0n) is 16.3. The second-order valence-electron chi connectivity index (χ2n) is 6.70. The van der Waals surface area contributed by atoms with Crippen molar-refractivity contribution in [2.75, 3.05) is 12.0 Å². The Morgan fingerprint density at radius 3 is 2.10 bits per heavy atom. The van der Waals surface area contributed by atoms with Crippen LogP contribution in [0.15, 0.2) is 91.0 Å². The normalized spacial score (nSPS) is 10.6. The Kier molecular flexibility index (Phi) is 5.18. The van der Waals surface area contributed by atoms with Gasteiger partial charge >= 0.3 is 5.97 Å². The highest BCUT2D eigenvalue weighted by molar-refractivity contribution is 6.14. The van der Waals surface area contributed by atoms with Crippen LogP contribution in [-0.4, -0.2) is 24.1 Å². The molecule has 0 saturated carbocycles. The molecule has 0 aliphatic rings. The lowest BCUT2D eigenvalue weighted by molar-refractivity contribution is 0.0600. The van der Waals surface area contributed by atoms with Crippen molar-refractivity contribution in [2.24, 2.45) is 0 Å². The number of ether oxygens (including phenoxy) is 1. The number of aromatic hydroxyl groups is 1. The highest BCUT2D eigenvalue weighted by Crippen LogP contribution is 2.33. The minimum atomic E-state index is -0.452. The van der Waals surface area contributed by atoms with Crippen LogP contribution in [0.1, 0.15) is 20.7 Å². The molecule has 4 rings (SSSR count). The molecule has 0 radical (unpaired) electrons. The van der Waals surface area contributed by atoms with Gasteiger partial charge in [0.25, 0.3) is 5.91 Å². The summed E-state index contributed by atoms with van der Waals surface area (Å²) in [6, 6.07) is 26.5. The number of phenolic OH excluding ortho intramolecular Hbond substituents is 1. The van der Waals surface area contributed by atoms with E-state index in [1.165, 1.54) is 12.0 Å². The second-order valence-corrected chi connectivity index (χ2v) is 6.70. The van der Waals surface area contributed by atoms with E-state index in [-0.39, 0.29) is 17.2 Å². The van der Waals surface area contributed by atoms with E-state index in [1.807, 2.05) is 54.6 Å². The molecule has 4 aromatic rings. The van der Waals surface area contributed by atoms with Gasteiger partial charge in [-0.2, -0.15) is 0 Å². The fraction of sp³-hybridized carbons (Fsp3) is 0.0400. The van der Waals surface area contributed by atoms with Gasteiger partial charge in [-0.05, 0) is 47.9 Å². The highest BCUT2D eigenvalue weighted by atomic mass is 16.5. The molecule has 1 amide bonds. The summed E-state index contributed by atoms with van der Waals surface area (Å²) in [6.45, 7) is 0. The van der Waals surface area contributed by atoms with Crippen molar-refractivity contribution in [1.82, 2.24) is 0 Å². The zero-order valence-corrected chi connectivity index (χ0v) is 16.3. The van der Waals surface area contributed by atoms with Crippen LogP contribution >= 0.6 is 0 Å². The molecule has 148 valence electrons. The van der Waals surface area contributed by atoms with Crippen molar-refractivity contribution >= 4 is 34.0 Å². The molecule has 0 aliphatic carbocycles. The fourth-order valence-electron chi connectivity index (χ4n) is 3.37. The van der Waals surface area contributed by atoms with Gasteiger partial charge in [0, 0.05) is 16.8 Å². The van der Waals surface area contributed by atoms with Gasteiger partial charge in [-0.15, -0.1) is 0 Å². The first kappa shape index (κ1) is 19.2. The molecule has 0 saturated heterocycles. The average molecular weight is 397 g/mol. The molecule has 0 aromatic heterocycles. The van der Waals surface area contributed by atoms with Crippen molar-refractivity contribution < 1.29 is 19.4 Å². The predicted octanol–water partition coefficient (Wildman–Crippen LogP) is 5.31. The van der Waals surface area contributed by atoms with Gasteiger partial charge in [-0.25, -0.2) is 4.79 Å². The van der Waals surface area contributed by atoms with Gasteiger partial charge < -0.3 is 9.84 Å². The van der Waals surface area contributed by atoms with E-state index >= 15 is 0 Å². The first-order valence-electron chi connectivity index (χ1n) is 9.39. The summed E-state index contributed by atoms with van der Waals surface area (Å²) < 4.78 is 4.74. The number of esters is 1. The van der Waals surface area contributed by atoms with Crippen LogP contribution in [0.2, 0.25) is 0 Å². The number of nitrogens with zero attached hydrogens (tertiary/aromatic N) is 1. The minimum absolute atomic E-state index is 0.0646. The smallest absolute Gasteiger partial charge is 0.337 e. The molecule has 30 heavy (non-hydrogen) atoms. The number of carbonyl (C=O) groups excluding carboxylic acids is 2. The summed E-state index contributed by atoms with van der Waals surface area (Å²) >= 11 is 0. The summed E-state index contributed by atoms with van der Waals surface area (Å²) in [6.07, 6.45) is 0. The first-order chi connectivity index (χ1) is 14.6. The first-order valence-corrected chi connectivity index (χ1v) is 9.39. The van der Waals surface area contributed by atoms with Crippen molar-refractivity contribution in [3.63, 3.8) is 0 Å². The van der Waals surface area contributed by atoms with Gasteiger partial charge in [0.15, 0.2) is 0 Å². The van der Waals surface area contributed by atoms with Gasteiger partial charge in [-0.1, -0.05) is 48.5 Å². The maximum absolute atomic E-state index is 13.6. The van der Waals surface area contributed by atoms with E-state index < -0.39 is 5.97 Å². The molecule has 0 spiro atoms. The third-order valence-electron chi connectivity index (χ3n) is 4.90. The van der Waals surface area contributed by atoms with Crippen LogP contribution in [0.5, 0.6) is 5.75 Å². The van der Waals surface area contributed by atoms with Crippen LogP contribution in [0.25, 0.3) is 10.8 Å². The number of benzene rings is 4. The molecule has 5 nitrogen and oxygen atoms in total. The van der Waals surface area contributed by atoms with Crippen LogP contribution in [0.4, 0.5) is 11.4 Å². The Hall–Kier alpha value is -4.12. The summed E-state index contributed by atoms with van der Waals surface area (Å²) in [4.78, 5) is 26.8. The number of amides is 1. The maximum Gasteiger partial charge on any atom is 0.337 e. The van der Waals surface area contributed by atoms with Crippen LogP contribution in [0.3, 0.4) is 0 Å². The monoisotopic (exact) mass is 397 g/mol. The highest BCUT2D eigenvalue weighted by Gasteiger charge is 2.23. The molecule has 5 heteroatoms. The van der Waals surface area contributed by atoms with Crippen LogP contribution < -0.4 is 4.90 Å². The fourth-order valence-corrected chi connectivity index (χ4v) is 3.37. The number of para-hydroxylation sites is 1. The number of hydrogen-bond acceptors (Lipinski definition) is 4. The van der Waals surface area contributed by atoms with Crippen molar-refractivity contribution in [2.45, 2.75) is 0 Å². The number of fused-ring (bicyclic) bond motifs is 1. The van der Waals surface area contributed by atoms with Gasteiger partial charge in [0.2, 0.25) is 0 Å². The Morgan fingerprint density at radius 1 is 0.767 bits per heavy atom. The average Bonchev–Trinajstić information content (AvgIpc) is 2.80. The van der Waals surface area contributed by atoms with Gasteiger partial charge in [0.05, 0.1) is 18.2 Å². The van der Waals surface area contributed by atoms with E-state index in [1.54, 1.807) is 36.4 Å². The summed E-state index contributed by atoms with van der Waals surface area (Å²) in [5.74, 6) is -0.896. The van der Waals surface area contributed by atoms with E-state index in [4.69, 9.17) is 4.74 Å². The molecule has 0 aliphatic heterocycles. The predicted molar refractivity (Wildman–Crippen MR) is 116 cm³/mol. The topological polar surface area (TPSA) is 66.8 Å². The number of anilines is 2. The lowest BCUT2D eigenvalue weighted by Crippen LogP contribution is -2.26. The summed E-state index contributed by atoms with van der Waals surface area (Å²) in [7, 11) is 1.32. The molecular formula is C25H19NO4. The molecule has 0 unspecified atom stereocenters. The van der Waals surface area contributed by atoms with Crippen molar-refractivity contribution in [3.8, 4) is 5.75 Å². The lowest BCUT2D eigenvalue weighted by Gasteiger charge is -2.24. The molecule has 0 fully saturated rings. The Bertz CT molecular complexity index is 1220. The van der Waals surface area contributed by atoms with E-state index in [0.717, 1.165) is 5.39 Å². The number of carbonyl (C=O) groups is 2. The standard InChI is InChI=1S/C25H19NO4/c1-30-25(29)18-11-14-20(15-12-18)26(19-8-3-2-4-9-19)24(28)22-16-13-17-7-5-6-10-21(17)23(22)27/h2-16,27H,1H3. The Morgan fingerprint density at radius 2 is 1.40 bits per heavy atom. The largest absolute Gasteiger partial charge is 0.506 e. The van der Waals surface area contributed by atoms with Crippen LogP contribution in [-0.2, 0) is 4.74 Å². The molecule has 4 aromatic carbocycles. The molecule has 0 bridgehead atoms. The van der Waals surface area contributed by atoms with Crippen molar-refractivity contribution in [3.05, 3.63) is 102 Å². The third kappa shape index (κ3) is 3.49. The zero-order chi connectivity index (χ0) is 21.1. The van der Waals surface area contributed by atoms with E-state index in [9.17, 15) is 14.7 Å². The van der Waals surface area contributed by atoms with E-state index in [0.29, 0.717) is 22.3 Å². The van der Waals surface area contributed by atoms with Gasteiger partial charge in [0.1, 0.15) is 5.75 Å². The maximum atomic E-state index is 13.6. The molecular weight excluding hydrogens is 378 g/mol. The number of phenols is 1. The number of hydrogen-bond donors (Lipinski definition) is 1.